The number of rotatable bonds is 9. The van der Waals surface area contributed by atoms with Crippen LogP contribution in [0.25, 0.3) is 0 Å². The Kier molecular flexibility index (Phi) is 9.24. The number of carbonyl (C=O) groups excluding carboxylic acids is 2. The molecule has 8 heteroatoms. The Morgan fingerprint density at radius 2 is 1.80 bits per heavy atom. The molecule has 0 heterocycles. The minimum absolute atomic E-state index is 0.000223. The first-order valence-corrected chi connectivity index (χ1v) is 10.1. The fourth-order valence-electron chi connectivity index (χ4n) is 2.55. The van der Waals surface area contributed by atoms with Gasteiger partial charge in [-0.25, -0.2) is 0 Å². The Morgan fingerprint density at radius 3 is 2.53 bits per heavy atom. The number of benzene rings is 2. The molecule has 0 unspecified atom stereocenters. The first kappa shape index (κ1) is 23.3. The lowest BCUT2D eigenvalue weighted by molar-refractivity contribution is 0.0942. The van der Waals surface area contributed by atoms with Crippen molar-refractivity contribution >= 4 is 34.8 Å². The number of para-hydroxylation sites is 1. The van der Waals surface area contributed by atoms with E-state index in [9.17, 15) is 9.59 Å². The van der Waals surface area contributed by atoms with Gasteiger partial charge in [-0.2, -0.15) is 0 Å². The predicted octanol–water partition coefficient (Wildman–Crippen LogP) is 3.37. The molecular weight excluding hydrogens is 402 g/mol. The summed E-state index contributed by atoms with van der Waals surface area (Å²) in [4.78, 5) is 24.9. The maximum Gasteiger partial charge on any atom is 0.257 e. The van der Waals surface area contributed by atoms with Gasteiger partial charge in [0.2, 0.25) is 0 Å². The maximum absolute atomic E-state index is 12.5. The van der Waals surface area contributed by atoms with Crippen molar-refractivity contribution in [2.24, 2.45) is 0 Å². The molecule has 160 valence electrons. The summed E-state index contributed by atoms with van der Waals surface area (Å²) in [6.45, 7) is 7.18. The Morgan fingerprint density at radius 1 is 1.03 bits per heavy atom. The van der Waals surface area contributed by atoms with Gasteiger partial charge in [0.1, 0.15) is 12.4 Å². The lowest BCUT2D eigenvalue weighted by atomic mass is 10.1. The molecular formula is C22H27N3O4S. The Balaban J connectivity index is 1.99. The van der Waals surface area contributed by atoms with Gasteiger partial charge in [0, 0.05) is 18.2 Å². The van der Waals surface area contributed by atoms with E-state index in [1.807, 2.05) is 20.8 Å². The van der Waals surface area contributed by atoms with E-state index >= 15 is 0 Å². The molecule has 3 N–H and O–H groups in total. The molecule has 0 saturated carbocycles. The van der Waals surface area contributed by atoms with E-state index in [-0.39, 0.29) is 23.0 Å². The molecule has 2 aromatic carbocycles. The highest BCUT2D eigenvalue weighted by molar-refractivity contribution is 7.80. The van der Waals surface area contributed by atoms with E-state index in [0.29, 0.717) is 42.4 Å². The van der Waals surface area contributed by atoms with Gasteiger partial charge in [-0.15, -0.1) is 0 Å². The molecule has 2 amide bonds. The minimum Gasteiger partial charge on any atom is -0.491 e. The highest BCUT2D eigenvalue weighted by Gasteiger charge is 2.14. The van der Waals surface area contributed by atoms with Crippen LogP contribution in [0.1, 0.15) is 41.5 Å². The van der Waals surface area contributed by atoms with Crippen molar-refractivity contribution in [3.8, 4) is 5.75 Å². The fraction of sp³-hybridized carbons (Fsp3) is 0.318. The molecule has 0 saturated heterocycles. The van der Waals surface area contributed by atoms with Crippen molar-refractivity contribution in [1.82, 2.24) is 10.6 Å². The van der Waals surface area contributed by atoms with Gasteiger partial charge >= 0.3 is 0 Å². The van der Waals surface area contributed by atoms with Gasteiger partial charge in [-0.3, -0.25) is 14.9 Å². The third-order valence-electron chi connectivity index (χ3n) is 3.86. The standard InChI is InChI=1S/C22H27N3O4S/c1-4-28-12-13-29-17-9-7-8-16(14-17)20(26)25-22(30)24-19-11-6-5-10-18(19)21(27)23-15(2)3/h5-11,14-15H,4,12-13H2,1-3H3,(H,23,27)(H2,24,25,26,30). The monoisotopic (exact) mass is 429 g/mol. The van der Waals surface area contributed by atoms with E-state index < -0.39 is 0 Å². The molecule has 7 nitrogen and oxygen atoms in total. The van der Waals surface area contributed by atoms with Crippen LogP contribution in [-0.4, -0.2) is 42.8 Å². The van der Waals surface area contributed by atoms with Crippen LogP contribution in [0.2, 0.25) is 0 Å². The van der Waals surface area contributed by atoms with Crippen molar-refractivity contribution < 1.29 is 19.1 Å². The van der Waals surface area contributed by atoms with Gasteiger partial charge in [-0.1, -0.05) is 18.2 Å². The van der Waals surface area contributed by atoms with Crippen LogP contribution >= 0.6 is 12.2 Å². The number of amides is 2. The molecule has 0 spiro atoms. The van der Waals surface area contributed by atoms with Crippen LogP contribution < -0.4 is 20.7 Å². The van der Waals surface area contributed by atoms with Crippen LogP contribution in [0, 0.1) is 0 Å². The topological polar surface area (TPSA) is 88.7 Å². The largest absolute Gasteiger partial charge is 0.491 e. The summed E-state index contributed by atoms with van der Waals surface area (Å²) in [6.07, 6.45) is 0. The first-order chi connectivity index (χ1) is 14.4. The molecule has 2 rings (SSSR count). The summed E-state index contributed by atoms with van der Waals surface area (Å²) in [6, 6.07) is 13.7. The SMILES string of the molecule is CCOCCOc1cccc(C(=O)NC(=S)Nc2ccccc2C(=O)NC(C)C)c1. The zero-order chi connectivity index (χ0) is 21.9. The third-order valence-corrected chi connectivity index (χ3v) is 4.07. The lowest BCUT2D eigenvalue weighted by Gasteiger charge is -2.15. The third kappa shape index (κ3) is 7.46. The molecule has 0 radical (unpaired) electrons. The highest BCUT2D eigenvalue weighted by atomic mass is 32.1. The number of carbonyl (C=O) groups is 2. The van der Waals surface area contributed by atoms with Crippen LogP contribution in [0.3, 0.4) is 0 Å². The van der Waals surface area contributed by atoms with Gasteiger partial charge in [-0.05, 0) is 63.3 Å². The highest BCUT2D eigenvalue weighted by Crippen LogP contribution is 2.16. The zero-order valence-corrected chi connectivity index (χ0v) is 18.2. The van der Waals surface area contributed by atoms with Crippen LogP contribution in [-0.2, 0) is 4.74 Å². The Labute approximate surface area is 182 Å². The maximum atomic E-state index is 12.5. The smallest absolute Gasteiger partial charge is 0.257 e. The van der Waals surface area contributed by atoms with Crippen molar-refractivity contribution in [2.75, 3.05) is 25.1 Å². The number of ether oxygens (including phenoxy) is 2. The minimum atomic E-state index is -0.383. The normalized spacial score (nSPS) is 10.4. The number of hydrogen-bond acceptors (Lipinski definition) is 5. The van der Waals surface area contributed by atoms with E-state index in [1.54, 1.807) is 48.5 Å². The van der Waals surface area contributed by atoms with E-state index in [0.717, 1.165) is 0 Å². The second-order valence-electron chi connectivity index (χ2n) is 6.66. The second-order valence-corrected chi connectivity index (χ2v) is 7.06. The molecule has 0 aromatic heterocycles. The predicted molar refractivity (Wildman–Crippen MR) is 121 cm³/mol. The zero-order valence-electron chi connectivity index (χ0n) is 17.4. The van der Waals surface area contributed by atoms with E-state index in [2.05, 4.69) is 16.0 Å². The Hall–Kier alpha value is -2.97. The summed E-state index contributed by atoms with van der Waals surface area (Å²) < 4.78 is 10.8. The Bertz CT molecular complexity index is 886. The fourth-order valence-corrected chi connectivity index (χ4v) is 2.75. The molecule has 0 fully saturated rings. The van der Waals surface area contributed by atoms with Crippen LogP contribution in [0.15, 0.2) is 48.5 Å². The summed E-state index contributed by atoms with van der Waals surface area (Å²) in [5.74, 6) is -0.0390. The summed E-state index contributed by atoms with van der Waals surface area (Å²) in [5, 5.41) is 8.47. The second kappa shape index (κ2) is 11.9. The van der Waals surface area contributed by atoms with Crippen molar-refractivity contribution in [1.29, 1.82) is 0 Å². The van der Waals surface area contributed by atoms with Crippen molar-refractivity contribution in [2.45, 2.75) is 26.8 Å². The number of thiocarbonyl (C=S) groups is 1. The van der Waals surface area contributed by atoms with Crippen molar-refractivity contribution in [3.63, 3.8) is 0 Å². The average molecular weight is 430 g/mol. The molecule has 2 aromatic rings. The van der Waals surface area contributed by atoms with Gasteiger partial charge in [0.15, 0.2) is 5.11 Å². The summed E-state index contributed by atoms with van der Waals surface area (Å²) in [5.41, 5.74) is 1.35. The van der Waals surface area contributed by atoms with Crippen LogP contribution in [0.5, 0.6) is 5.75 Å². The number of anilines is 1. The van der Waals surface area contributed by atoms with E-state index in [4.69, 9.17) is 21.7 Å². The average Bonchev–Trinajstić information content (AvgIpc) is 2.71. The van der Waals surface area contributed by atoms with Gasteiger partial charge in [0.05, 0.1) is 17.9 Å². The van der Waals surface area contributed by atoms with Crippen molar-refractivity contribution in [3.05, 3.63) is 59.7 Å². The molecule has 0 bridgehead atoms. The molecule has 0 aliphatic rings. The van der Waals surface area contributed by atoms with Crippen LogP contribution in [0.4, 0.5) is 5.69 Å². The van der Waals surface area contributed by atoms with Gasteiger partial charge < -0.3 is 20.1 Å². The number of hydrogen-bond donors (Lipinski definition) is 3. The first-order valence-electron chi connectivity index (χ1n) is 9.73. The lowest BCUT2D eigenvalue weighted by Crippen LogP contribution is -2.35. The van der Waals surface area contributed by atoms with E-state index in [1.165, 1.54) is 0 Å². The molecule has 0 atom stereocenters. The number of nitrogens with one attached hydrogen (secondary N) is 3. The summed E-state index contributed by atoms with van der Waals surface area (Å²) >= 11 is 5.26. The quantitative estimate of drug-likeness (QED) is 0.418. The molecule has 30 heavy (non-hydrogen) atoms. The van der Waals surface area contributed by atoms with Gasteiger partial charge in [0.25, 0.3) is 11.8 Å². The molecule has 0 aliphatic carbocycles. The molecule has 0 aliphatic heterocycles. The summed E-state index contributed by atoms with van der Waals surface area (Å²) in [7, 11) is 0.